The van der Waals surface area contributed by atoms with Crippen LogP contribution in [0.5, 0.6) is 5.88 Å². The van der Waals surface area contributed by atoms with Crippen LogP contribution in [0.3, 0.4) is 0 Å². The molecule has 5 nitrogen and oxygen atoms in total. The van der Waals surface area contributed by atoms with Crippen LogP contribution < -0.4 is 10.1 Å². The predicted molar refractivity (Wildman–Crippen MR) is 89.3 cm³/mol. The second-order valence-electron chi connectivity index (χ2n) is 5.38. The Bertz CT molecular complexity index is 771. The number of nitrogens with one attached hydrogen (secondary N) is 1. The highest BCUT2D eigenvalue weighted by Crippen LogP contribution is 2.33. The molecule has 0 aliphatic heterocycles. The Morgan fingerprint density at radius 2 is 1.92 bits per heavy atom. The normalized spacial score (nSPS) is 12.8. The first-order valence-electron chi connectivity index (χ1n) is 7.20. The second kappa shape index (κ2) is 7.61. The molecule has 2 heterocycles. The molecule has 0 radical (unpaired) electrons. The Morgan fingerprint density at radius 3 is 2.52 bits per heavy atom. The number of rotatable bonds is 5. The highest BCUT2D eigenvalue weighted by Gasteiger charge is 2.31. The molecule has 0 saturated heterocycles. The fourth-order valence-electron chi connectivity index (χ4n) is 1.96. The van der Waals surface area contributed by atoms with Gasteiger partial charge in [0.05, 0.1) is 17.3 Å². The fourth-order valence-corrected chi connectivity index (χ4v) is 2.32. The molecule has 0 aliphatic rings. The standard InChI is InChI=1S/C15H15Cl2F3N4O/c1-7(22-13-12(17)8(2)23-9(3)24-13)6-25-14-11(16)4-10(5-21-14)15(18,19)20/h4-5,7H,6H2,1-3H3,(H,22,23,24)/t7-/m0/s1. The molecule has 0 bridgehead atoms. The van der Waals surface area contributed by atoms with Crippen molar-refractivity contribution in [1.29, 1.82) is 0 Å². The van der Waals surface area contributed by atoms with E-state index in [4.69, 9.17) is 27.9 Å². The van der Waals surface area contributed by atoms with Gasteiger partial charge in [0.15, 0.2) is 0 Å². The van der Waals surface area contributed by atoms with E-state index in [1.54, 1.807) is 20.8 Å². The molecule has 1 N–H and O–H groups in total. The summed E-state index contributed by atoms with van der Waals surface area (Å²) in [7, 11) is 0. The van der Waals surface area contributed by atoms with Crippen LogP contribution in [0.2, 0.25) is 10.0 Å². The van der Waals surface area contributed by atoms with Gasteiger partial charge in [-0.15, -0.1) is 0 Å². The van der Waals surface area contributed by atoms with Gasteiger partial charge in [-0.2, -0.15) is 13.2 Å². The Labute approximate surface area is 152 Å². The van der Waals surface area contributed by atoms with Crippen LogP contribution >= 0.6 is 23.2 Å². The molecular weight excluding hydrogens is 380 g/mol. The molecule has 10 heteroatoms. The topological polar surface area (TPSA) is 59.9 Å². The summed E-state index contributed by atoms with van der Waals surface area (Å²) in [6.07, 6.45) is -3.84. The van der Waals surface area contributed by atoms with E-state index in [2.05, 4.69) is 20.3 Å². The van der Waals surface area contributed by atoms with Crippen molar-refractivity contribution in [3.05, 3.63) is 39.4 Å². The molecular formula is C15H15Cl2F3N4O. The number of aryl methyl sites for hydroxylation is 2. The molecule has 0 unspecified atom stereocenters. The molecule has 0 saturated carbocycles. The average molecular weight is 395 g/mol. The Kier molecular flexibility index (Phi) is 5.95. The van der Waals surface area contributed by atoms with Gasteiger partial charge in [0.25, 0.3) is 0 Å². The number of ether oxygens (including phenoxy) is 1. The molecule has 25 heavy (non-hydrogen) atoms. The summed E-state index contributed by atoms with van der Waals surface area (Å²) in [5, 5.41) is 3.24. The van der Waals surface area contributed by atoms with Gasteiger partial charge in [-0.25, -0.2) is 15.0 Å². The van der Waals surface area contributed by atoms with Crippen molar-refractivity contribution in [2.75, 3.05) is 11.9 Å². The maximum atomic E-state index is 12.6. The minimum atomic E-state index is -4.51. The first-order chi connectivity index (χ1) is 11.6. The zero-order chi connectivity index (χ0) is 18.8. The number of pyridine rings is 1. The summed E-state index contributed by atoms with van der Waals surface area (Å²) in [5.74, 6) is 0.934. The lowest BCUT2D eigenvalue weighted by molar-refractivity contribution is -0.137. The number of aromatic nitrogens is 3. The van der Waals surface area contributed by atoms with E-state index >= 15 is 0 Å². The van der Waals surface area contributed by atoms with Crippen LogP contribution in [0.1, 0.15) is 24.0 Å². The quantitative estimate of drug-likeness (QED) is 0.796. The molecule has 0 amide bonds. The van der Waals surface area contributed by atoms with Gasteiger partial charge in [-0.05, 0) is 26.8 Å². The van der Waals surface area contributed by atoms with E-state index in [0.29, 0.717) is 28.6 Å². The van der Waals surface area contributed by atoms with E-state index in [9.17, 15) is 13.2 Å². The molecule has 0 spiro atoms. The van der Waals surface area contributed by atoms with Crippen molar-refractivity contribution in [1.82, 2.24) is 15.0 Å². The van der Waals surface area contributed by atoms with Crippen LogP contribution in [-0.4, -0.2) is 27.6 Å². The van der Waals surface area contributed by atoms with E-state index in [0.717, 1.165) is 6.07 Å². The molecule has 2 aromatic rings. The number of nitrogens with zero attached hydrogens (tertiary/aromatic N) is 3. The van der Waals surface area contributed by atoms with Crippen molar-refractivity contribution in [3.8, 4) is 5.88 Å². The van der Waals surface area contributed by atoms with Gasteiger partial charge in [0.1, 0.15) is 28.3 Å². The van der Waals surface area contributed by atoms with Gasteiger partial charge >= 0.3 is 6.18 Å². The zero-order valence-corrected chi connectivity index (χ0v) is 15.1. The van der Waals surface area contributed by atoms with Crippen molar-refractivity contribution in [2.24, 2.45) is 0 Å². The summed E-state index contributed by atoms with van der Waals surface area (Å²) in [4.78, 5) is 12.0. The number of alkyl halides is 3. The Hall–Kier alpha value is -1.80. The molecule has 2 rings (SSSR count). The smallest absolute Gasteiger partial charge is 0.417 e. The van der Waals surface area contributed by atoms with E-state index in [1.807, 2.05) is 0 Å². The van der Waals surface area contributed by atoms with Crippen LogP contribution in [0, 0.1) is 13.8 Å². The fraction of sp³-hybridized carbons (Fsp3) is 0.400. The number of halogens is 5. The molecule has 0 fully saturated rings. The van der Waals surface area contributed by atoms with Crippen molar-refractivity contribution in [3.63, 3.8) is 0 Å². The summed E-state index contributed by atoms with van der Waals surface area (Å²) in [5.41, 5.74) is -0.299. The zero-order valence-electron chi connectivity index (χ0n) is 13.6. The van der Waals surface area contributed by atoms with Gasteiger partial charge in [0.2, 0.25) is 5.88 Å². The van der Waals surface area contributed by atoms with Crippen LogP contribution in [0.25, 0.3) is 0 Å². The Morgan fingerprint density at radius 1 is 1.24 bits per heavy atom. The minimum Gasteiger partial charge on any atom is -0.474 e. The molecule has 1 atom stereocenters. The van der Waals surface area contributed by atoms with E-state index < -0.39 is 11.7 Å². The van der Waals surface area contributed by atoms with E-state index in [-0.39, 0.29) is 23.6 Å². The summed E-state index contributed by atoms with van der Waals surface area (Å²) in [6, 6.07) is 0.516. The number of hydrogen-bond donors (Lipinski definition) is 1. The van der Waals surface area contributed by atoms with Gasteiger partial charge < -0.3 is 10.1 Å². The highest BCUT2D eigenvalue weighted by molar-refractivity contribution is 6.33. The van der Waals surface area contributed by atoms with Crippen molar-refractivity contribution < 1.29 is 17.9 Å². The lowest BCUT2D eigenvalue weighted by atomic mass is 10.3. The van der Waals surface area contributed by atoms with Crippen molar-refractivity contribution in [2.45, 2.75) is 33.0 Å². The van der Waals surface area contributed by atoms with E-state index in [1.165, 1.54) is 0 Å². The minimum absolute atomic E-state index is 0.0792. The average Bonchev–Trinajstić information content (AvgIpc) is 2.50. The SMILES string of the molecule is Cc1nc(C)c(Cl)c(N[C@@H](C)COc2ncc(C(F)(F)F)cc2Cl)n1. The molecule has 0 aliphatic carbocycles. The van der Waals surface area contributed by atoms with Crippen LogP contribution in [0.4, 0.5) is 19.0 Å². The summed E-state index contributed by atoms with van der Waals surface area (Å²) < 4.78 is 43.1. The summed E-state index contributed by atoms with van der Waals surface area (Å²) >= 11 is 11.9. The first-order valence-corrected chi connectivity index (χ1v) is 7.96. The lowest BCUT2D eigenvalue weighted by Crippen LogP contribution is -2.25. The maximum absolute atomic E-state index is 12.6. The number of hydrogen-bond acceptors (Lipinski definition) is 5. The monoisotopic (exact) mass is 394 g/mol. The summed E-state index contributed by atoms with van der Waals surface area (Å²) in [6.45, 7) is 5.38. The third-order valence-corrected chi connectivity index (χ3v) is 3.84. The molecule has 2 aromatic heterocycles. The lowest BCUT2D eigenvalue weighted by Gasteiger charge is -2.17. The van der Waals surface area contributed by atoms with Crippen molar-refractivity contribution >= 4 is 29.0 Å². The van der Waals surface area contributed by atoms with Gasteiger partial charge in [-0.1, -0.05) is 23.2 Å². The molecule has 0 aromatic carbocycles. The largest absolute Gasteiger partial charge is 0.474 e. The molecule has 136 valence electrons. The maximum Gasteiger partial charge on any atom is 0.417 e. The third kappa shape index (κ3) is 5.09. The first kappa shape index (κ1) is 19.5. The van der Waals surface area contributed by atoms with Gasteiger partial charge in [-0.3, -0.25) is 0 Å². The second-order valence-corrected chi connectivity index (χ2v) is 6.17. The van der Waals surface area contributed by atoms with Crippen LogP contribution in [-0.2, 0) is 6.18 Å². The number of anilines is 1. The third-order valence-electron chi connectivity index (χ3n) is 3.12. The predicted octanol–water partition coefficient (Wildman–Crippen LogP) is 4.69. The Balaban J connectivity index is 2.02. The van der Waals surface area contributed by atoms with Gasteiger partial charge in [0, 0.05) is 6.20 Å². The van der Waals surface area contributed by atoms with Crippen LogP contribution in [0.15, 0.2) is 12.3 Å². The highest BCUT2D eigenvalue weighted by atomic mass is 35.5.